The van der Waals surface area contributed by atoms with Crippen LogP contribution in [0.15, 0.2) is 0 Å². The van der Waals surface area contributed by atoms with Crippen LogP contribution in [0, 0.1) is 0 Å². The van der Waals surface area contributed by atoms with E-state index in [-0.39, 0.29) is 11.8 Å². The molecule has 0 heterocycles. The van der Waals surface area contributed by atoms with E-state index in [0.29, 0.717) is 0 Å². The molecule has 0 rings (SSSR count). The van der Waals surface area contributed by atoms with Crippen LogP contribution in [0.4, 0.5) is 0 Å². The molecule has 3 heteroatoms. The Labute approximate surface area is 73.5 Å². The number of halogens is 1. The highest BCUT2D eigenvalue weighted by Gasteiger charge is 2.04. The second-order valence-electron chi connectivity index (χ2n) is 2.66. The number of hydrogen-bond acceptors (Lipinski definition) is 1. The Hall–Kier alpha value is -0.240. The third-order valence-electron chi connectivity index (χ3n) is 1.64. The van der Waals surface area contributed by atoms with Crippen LogP contribution in [0.5, 0.6) is 0 Å². The zero-order chi connectivity index (χ0) is 8.69. The van der Waals surface area contributed by atoms with Crippen molar-refractivity contribution in [3.05, 3.63) is 0 Å². The van der Waals surface area contributed by atoms with Crippen LogP contribution in [0.1, 0.15) is 26.2 Å². The standard InChI is InChI=1S/C8H16ClNO/c1-3-4-5-6-10(2)8(11)7-9/h3-7H2,1-2H3. The van der Waals surface area contributed by atoms with Crippen LogP contribution in [0.3, 0.4) is 0 Å². The second-order valence-corrected chi connectivity index (χ2v) is 2.92. The average molecular weight is 178 g/mol. The van der Waals surface area contributed by atoms with Gasteiger partial charge in [-0.05, 0) is 6.42 Å². The highest BCUT2D eigenvalue weighted by molar-refractivity contribution is 6.27. The van der Waals surface area contributed by atoms with Gasteiger partial charge in [-0.2, -0.15) is 0 Å². The smallest absolute Gasteiger partial charge is 0.237 e. The Morgan fingerprint density at radius 1 is 1.45 bits per heavy atom. The SMILES string of the molecule is CCCCCN(C)C(=O)CCl. The van der Waals surface area contributed by atoms with E-state index in [0.717, 1.165) is 13.0 Å². The number of carbonyl (C=O) groups is 1. The van der Waals surface area contributed by atoms with Crippen molar-refractivity contribution in [3.63, 3.8) is 0 Å². The largest absolute Gasteiger partial charge is 0.345 e. The predicted molar refractivity (Wildman–Crippen MR) is 47.9 cm³/mol. The zero-order valence-corrected chi connectivity index (χ0v) is 8.02. The topological polar surface area (TPSA) is 20.3 Å². The molecule has 0 aromatic carbocycles. The molecular weight excluding hydrogens is 162 g/mol. The van der Waals surface area contributed by atoms with Crippen molar-refractivity contribution in [3.8, 4) is 0 Å². The molecule has 0 bridgehead atoms. The fraction of sp³-hybridized carbons (Fsp3) is 0.875. The van der Waals surface area contributed by atoms with E-state index >= 15 is 0 Å². The van der Waals surface area contributed by atoms with E-state index in [9.17, 15) is 4.79 Å². The Morgan fingerprint density at radius 3 is 2.55 bits per heavy atom. The van der Waals surface area contributed by atoms with E-state index in [2.05, 4.69) is 6.92 Å². The Bertz CT molecular complexity index is 117. The van der Waals surface area contributed by atoms with E-state index in [1.165, 1.54) is 12.8 Å². The van der Waals surface area contributed by atoms with Gasteiger partial charge in [0.05, 0.1) is 0 Å². The van der Waals surface area contributed by atoms with Gasteiger partial charge in [0.25, 0.3) is 0 Å². The van der Waals surface area contributed by atoms with Crippen molar-refractivity contribution in [2.45, 2.75) is 26.2 Å². The lowest BCUT2D eigenvalue weighted by Gasteiger charge is -2.14. The number of hydrogen-bond donors (Lipinski definition) is 0. The molecule has 0 saturated heterocycles. The lowest BCUT2D eigenvalue weighted by atomic mass is 10.2. The molecule has 0 N–H and O–H groups in total. The molecule has 0 aliphatic carbocycles. The van der Waals surface area contributed by atoms with Gasteiger partial charge in [-0.15, -0.1) is 11.6 Å². The molecule has 0 saturated carbocycles. The summed E-state index contributed by atoms with van der Waals surface area (Å²) in [6, 6.07) is 0. The second kappa shape index (κ2) is 6.47. The Kier molecular flexibility index (Phi) is 6.33. The van der Waals surface area contributed by atoms with Crippen molar-refractivity contribution < 1.29 is 4.79 Å². The van der Waals surface area contributed by atoms with Crippen LogP contribution in [-0.4, -0.2) is 30.3 Å². The third-order valence-corrected chi connectivity index (χ3v) is 1.87. The molecule has 0 aliphatic rings. The molecule has 0 fully saturated rings. The minimum Gasteiger partial charge on any atom is -0.345 e. The minimum atomic E-state index is 0.0165. The van der Waals surface area contributed by atoms with Crippen molar-refractivity contribution in [2.75, 3.05) is 19.5 Å². The first-order valence-corrected chi connectivity index (χ1v) is 4.55. The first-order chi connectivity index (χ1) is 5.22. The molecule has 11 heavy (non-hydrogen) atoms. The monoisotopic (exact) mass is 177 g/mol. The summed E-state index contributed by atoms with van der Waals surface area (Å²) in [6.07, 6.45) is 3.44. The summed E-state index contributed by atoms with van der Waals surface area (Å²) in [5.74, 6) is 0.116. The summed E-state index contributed by atoms with van der Waals surface area (Å²) in [6.45, 7) is 2.97. The molecule has 0 aromatic rings. The number of alkyl halides is 1. The van der Waals surface area contributed by atoms with Crippen LogP contribution in [0.25, 0.3) is 0 Å². The summed E-state index contributed by atoms with van der Waals surface area (Å²) < 4.78 is 0. The van der Waals surface area contributed by atoms with Gasteiger partial charge in [0, 0.05) is 13.6 Å². The first-order valence-electron chi connectivity index (χ1n) is 4.02. The van der Waals surface area contributed by atoms with Crippen LogP contribution >= 0.6 is 11.6 Å². The number of carbonyl (C=O) groups excluding carboxylic acids is 1. The van der Waals surface area contributed by atoms with Crippen molar-refractivity contribution >= 4 is 17.5 Å². The highest BCUT2D eigenvalue weighted by atomic mass is 35.5. The van der Waals surface area contributed by atoms with Gasteiger partial charge < -0.3 is 4.90 Å². The maximum atomic E-state index is 10.9. The average Bonchev–Trinajstić information content (AvgIpc) is 2.03. The summed E-state index contributed by atoms with van der Waals surface area (Å²) in [4.78, 5) is 12.6. The molecule has 0 unspecified atom stereocenters. The van der Waals surface area contributed by atoms with Crippen molar-refractivity contribution in [2.24, 2.45) is 0 Å². The summed E-state index contributed by atoms with van der Waals surface area (Å²) in [5.41, 5.74) is 0. The van der Waals surface area contributed by atoms with Gasteiger partial charge in [-0.1, -0.05) is 19.8 Å². The molecule has 0 spiro atoms. The molecular formula is C8H16ClNO. The number of unbranched alkanes of at least 4 members (excludes halogenated alkanes) is 2. The van der Waals surface area contributed by atoms with Crippen LogP contribution in [-0.2, 0) is 4.79 Å². The van der Waals surface area contributed by atoms with Gasteiger partial charge in [-0.3, -0.25) is 4.79 Å². The third kappa shape index (κ3) is 5.08. The van der Waals surface area contributed by atoms with E-state index < -0.39 is 0 Å². The molecule has 0 aliphatic heterocycles. The quantitative estimate of drug-likeness (QED) is 0.464. The number of rotatable bonds is 5. The number of amides is 1. The summed E-state index contributed by atoms with van der Waals surface area (Å²) >= 11 is 5.37. The van der Waals surface area contributed by atoms with E-state index in [1.54, 1.807) is 11.9 Å². The maximum absolute atomic E-state index is 10.9. The lowest BCUT2D eigenvalue weighted by Crippen LogP contribution is -2.28. The van der Waals surface area contributed by atoms with Gasteiger partial charge in [0.15, 0.2) is 0 Å². The molecule has 1 amide bonds. The van der Waals surface area contributed by atoms with E-state index in [4.69, 9.17) is 11.6 Å². The minimum absolute atomic E-state index is 0.0165. The molecule has 0 radical (unpaired) electrons. The Morgan fingerprint density at radius 2 is 2.09 bits per heavy atom. The Balaban J connectivity index is 3.36. The van der Waals surface area contributed by atoms with Crippen LogP contribution in [0.2, 0.25) is 0 Å². The fourth-order valence-corrected chi connectivity index (χ4v) is 1.03. The van der Waals surface area contributed by atoms with Gasteiger partial charge >= 0.3 is 0 Å². The number of nitrogens with zero attached hydrogens (tertiary/aromatic N) is 1. The van der Waals surface area contributed by atoms with Gasteiger partial charge in [0.2, 0.25) is 5.91 Å². The molecule has 0 atom stereocenters. The van der Waals surface area contributed by atoms with Crippen molar-refractivity contribution in [1.29, 1.82) is 0 Å². The predicted octanol–water partition coefficient (Wildman–Crippen LogP) is 1.87. The maximum Gasteiger partial charge on any atom is 0.237 e. The highest BCUT2D eigenvalue weighted by Crippen LogP contribution is 1.97. The zero-order valence-electron chi connectivity index (χ0n) is 7.27. The van der Waals surface area contributed by atoms with Crippen molar-refractivity contribution in [1.82, 2.24) is 4.90 Å². The molecule has 66 valence electrons. The fourth-order valence-electron chi connectivity index (χ4n) is 0.826. The first kappa shape index (κ1) is 10.8. The summed E-state index contributed by atoms with van der Waals surface area (Å²) in [5, 5.41) is 0. The molecule has 2 nitrogen and oxygen atoms in total. The molecule has 0 aromatic heterocycles. The van der Waals surface area contributed by atoms with Crippen LogP contribution < -0.4 is 0 Å². The summed E-state index contributed by atoms with van der Waals surface area (Å²) in [7, 11) is 1.79. The van der Waals surface area contributed by atoms with Gasteiger partial charge in [0.1, 0.15) is 5.88 Å². The lowest BCUT2D eigenvalue weighted by molar-refractivity contribution is -0.127. The van der Waals surface area contributed by atoms with Gasteiger partial charge in [-0.25, -0.2) is 0 Å². The van der Waals surface area contributed by atoms with E-state index in [1.807, 2.05) is 0 Å². The normalized spacial score (nSPS) is 9.73.